The second kappa shape index (κ2) is 3.31. The van der Waals surface area contributed by atoms with Crippen molar-refractivity contribution in [3.63, 3.8) is 0 Å². The van der Waals surface area contributed by atoms with Crippen molar-refractivity contribution in [2.24, 2.45) is 0 Å². The quantitative estimate of drug-likeness (QED) is 0.340. The van der Waals surface area contributed by atoms with Crippen LogP contribution in [0.25, 0.3) is 0 Å². The van der Waals surface area contributed by atoms with Crippen LogP contribution in [0, 0.1) is 10.8 Å². The molecule has 1 aliphatic heterocycles. The van der Waals surface area contributed by atoms with Crippen molar-refractivity contribution in [2.75, 3.05) is 26.2 Å². The highest BCUT2D eigenvalue weighted by atomic mass is 15.2. The standard InChI is InChI=1S/C6H12N4/c7-5-6(8)10-3-1-9-2-4-10/h5,7-9H,1-4H2. The van der Waals surface area contributed by atoms with Crippen molar-refractivity contribution in [3.8, 4) is 0 Å². The Morgan fingerprint density at radius 1 is 1.40 bits per heavy atom. The van der Waals surface area contributed by atoms with Crippen LogP contribution in [-0.2, 0) is 0 Å². The van der Waals surface area contributed by atoms with Gasteiger partial charge in [-0.1, -0.05) is 0 Å². The van der Waals surface area contributed by atoms with Gasteiger partial charge in [0.1, 0.15) is 5.84 Å². The van der Waals surface area contributed by atoms with Gasteiger partial charge in [0.25, 0.3) is 0 Å². The fourth-order valence-electron chi connectivity index (χ4n) is 0.997. The summed E-state index contributed by atoms with van der Waals surface area (Å²) in [5.41, 5.74) is 0. The van der Waals surface area contributed by atoms with E-state index in [0.29, 0.717) is 5.84 Å². The molecule has 0 unspecified atom stereocenters. The van der Waals surface area contributed by atoms with Gasteiger partial charge in [0.15, 0.2) is 0 Å². The normalized spacial score (nSPS) is 18.6. The SMILES string of the molecule is N=CC(=N)N1CCNCC1. The summed E-state index contributed by atoms with van der Waals surface area (Å²) >= 11 is 0. The third-order valence-electron chi connectivity index (χ3n) is 1.59. The molecular weight excluding hydrogens is 128 g/mol. The van der Waals surface area contributed by atoms with E-state index in [2.05, 4.69) is 5.32 Å². The lowest BCUT2D eigenvalue weighted by molar-refractivity contribution is 0.360. The first-order valence-electron chi connectivity index (χ1n) is 3.39. The highest BCUT2D eigenvalue weighted by Crippen LogP contribution is 1.90. The summed E-state index contributed by atoms with van der Waals surface area (Å²) in [7, 11) is 0. The first-order valence-corrected chi connectivity index (χ1v) is 3.39. The van der Waals surface area contributed by atoms with Gasteiger partial charge in [0.2, 0.25) is 0 Å². The number of piperazine rings is 1. The molecule has 4 heteroatoms. The van der Waals surface area contributed by atoms with Crippen molar-refractivity contribution in [2.45, 2.75) is 0 Å². The van der Waals surface area contributed by atoms with Crippen molar-refractivity contribution in [3.05, 3.63) is 0 Å². The van der Waals surface area contributed by atoms with Gasteiger partial charge in [-0.2, -0.15) is 0 Å². The van der Waals surface area contributed by atoms with Crippen LogP contribution in [0.4, 0.5) is 0 Å². The van der Waals surface area contributed by atoms with Crippen LogP contribution >= 0.6 is 0 Å². The van der Waals surface area contributed by atoms with Gasteiger partial charge in [0.05, 0.1) is 6.21 Å². The largest absolute Gasteiger partial charge is 0.353 e. The molecule has 56 valence electrons. The van der Waals surface area contributed by atoms with Gasteiger partial charge in [0, 0.05) is 26.2 Å². The van der Waals surface area contributed by atoms with Crippen molar-refractivity contribution in [1.82, 2.24) is 10.2 Å². The molecule has 1 aliphatic rings. The maximum Gasteiger partial charge on any atom is 0.138 e. The van der Waals surface area contributed by atoms with Crippen LogP contribution in [0.3, 0.4) is 0 Å². The Labute approximate surface area is 60.2 Å². The fraction of sp³-hybridized carbons (Fsp3) is 0.667. The number of amidine groups is 1. The molecule has 4 nitrogen and oxygen atoms in total. The van der Waals surface area contributed by atoms with E-state index in [1.807, 2.05) is 4.90 Å². The summed E-state index contributed by atoms with van der Waals surface area (Å²) in [5, 5.41) is 17.3. The number of hydrogen-bond donors (Lipinski definition) is 3. The van der Waals surface area contributed by atoms with Crippen molar-refractivity contribution >= 4 is 12.1 Å². The Kier molecular flexibility index (Phi) is 2.39. The van der Waals surface area contributed by atoms with Crippen LogP contribution in [0.2, 0.25) is 0 Å². The molecule has 0 radical (unpaired) electrons. The van der Waals surface area contributed by atoms with Gasteiger partial charge in [-0.05, 0) is 0 Å². The fourth-order valence-corrected chi connectivity index (χ4v) is 0.997. The minimum Gasteiger partial charge on any atom is -0.353 e. The summed E-state index contributed by atoms with van der Waals surface area (Å²) in [4.78, 5) is 1.89. The van der Waals surface area contributed by atoms with Gasteiger partial charge in [-0.3, -0.25) is 5.41 Å². The third kappa shape index (κ3) is 1.54. The zero-order valence-electron chi connectivity index (χ0n) is 5.85. The van der Waals surface area contributed by atoms with Gasteiger partial charge in [-0.25, -0.2) is 0 Å². The molecule has 0 aliphatic carbocycles. The van der Waals surface area contributed by atoms with Crippen LogP contribution in [-0.4, -0.2) is 43.1 Å². The minimum atomic E-state index is 0.321. The predicted octanol–water partition coefficient (Wildman–Crippen LogP) is -0.482. The molecule has 0 atom stereocenters. The van der Waals surface area contributed by atoms with E-state index in [0.717, 1.165) is 32.4 Å². The van der Waals surface area contributed by atoms with Crippen molar-refractivity contribution in [1.29, 1.82) is 10.8 Å². The van der Waals surface area contributed by atoms with Gasteiger partial charge >= 0.3 is 0 Å². The molecular formula is C6H12N4. The average Bonchev–Trinajstić information content (AvgIpc) is 2.05. The molecule has 0 aromatic heterocycles. The Bertz CT molecular complexity index is 137. The van der Waals surface area contributed by atoms with Crippen LogP contribution in [0.15, 0.2) is 0 Å². The van der Waals surface area contributed by atoms with Crippen molar-refractivity contribution < 1.29 is 0 Å². The van der Waals surface area contributed by atoms with Crippen LogP contribution in [0.1, 0.15) is 0 Å². The number of nitrogens with zero attached hydrogens (tertiary/aromatic N) is 1. The van der Waals surface area contributed by atoms with E-state index in [4.69, 9.17) is 10.8 Å². The van der Waals surface area contributed by atoms with Crippen LogP contribution < -0.4 is 5.32 Å². The summed E-state index contributed by atoms with van der Waals surface area (Å²) < 4.78 is 0. The highest BCUT2D eigenvalue weighted by molar-refractivity contribution is 6.26. The summed E-state index contributed by atoms with van der Waals surface area (Å²) in [6, 6.07) is 0. The van der Waals surface area contributed by atoms with E-state index in [9.17, 15) is 0 Å². The van der Waals surface area contributed by atoms with E-state index >= 15 is 0 Å². The monoisotopic (exact) mass is 140 g/mol. The summed E-state index contributed by atoms with van der Waals surface area (Å²) in [6.07, 6.45) is 1.09. The molecule has 10 heavy (non-hydrogen) atoms. The molecule has 0 saturated carbocycles. The van der Waals surface area contributed by atoms with E-state index < -0.39 is 0 Å². The molecule has 0 aromatic rings. The number of rotatable bonds is 1. The summed E-state index contributed by atoms with van der Waals surface area (Å²) in [5.74, 6) is 0.321. The number of nitrogens with one attached hydrogen (secondary N) is 3. The first-order chi connectivity index (χ1) is 4.84. The highest BCUT2D eigenvalue weighted by Gasteiger charge is 2.09. The minimum absolute atomic E-state index is 0.321. The lowest BCUT2D eigenvalue weighted by Crippen LogP contribution is -2.46. The Hall–Kier alpha value is -0.900. The van der Waals surface area contributed by atoms with E-state index in [1.165, 1.54) is 0 Å². The molecule has 1 rings (SSSR count). The average molecular weight is 140 g/mol. The molecule has 0 aromatic carbocycles. The molecule has 1 fully saturated rings. The third-order valence-corrected chi connectivity index (χ3v) is 1.59. The smallest absolute Gasteiger partial charge is 0.138 e. The van der Waals surface area contributed by atoms with E-state index in [-0.39, 0.29) is 0 Å². The van der Waals surface area contributed by atoms with Crippen LogP contribution in [0.5, 0.6) is 0 Å². The Morgan fingerprint density at radius 2 is 2.00 bits per heavy atom. The zero-order chi connectivity index (χ0) is 7.40. The Morgan fingerprint density at radius 3 is 2.50 bits per heavy atom. The second-order valence-corrected chi connectivity index (χ2v) is 2.27. The molecule has 1 heterocycles. The molecule has 0 bridgehead atoms. The number of hydrogen-bond acceptors (Lipinski definition) is 3. The van der Waals surface area contributed by atoms with E-state index in [1.54, 1.807) is 0 Å². The van der Waals surface area contributed by atoms with Gasteiger partial charge < -0.3 is 15.6 Å². The van der Waals surface area contributed by atoms with Gasteiger partial charge in [-0.15, -0.1) is 0 Å². The maximum atomic E-state index is 7.29. The molecule has 1 saturated heterocycles. The predicted molar refractivity (Wildman–Crippen MR) is 41.0 cm³/mol. The molecule has 3 N–H and O–H groups in total. The second-order valence-electron chi connectivity index (χ2n) is 2.27. The molecule has 0 amide bonds. The summed E-state index contributed by atoms with van der Waals surface area (Å²) in [6.45, 7) is 3.56. The lowest BCUT2D eigenvalue weighted by atomic mass is 10.3. The lowest BCUT2D eigenvalue weighted by Gasteiger charge is -2.27. The molecule has 0 spiro atoms. The first kappa shape index (κ1) is 7.21. The topological polar surface area (TPSA) is 63.0 Å². The Balaban J connectivity index is 2.38. The maximum absolute atomic E-state index is 7.29. The zero-order valence-corrected chi connectivity index (χ0v) is 5.85.